The van der Waals surface area contributed by atoms with Crippen LogP contribution in [0.3, 0.4) is 0 Å². The SMILES string of the molecule is CCC(N)(CC)CNC(=O)C(NC(=O)c1ccccc1)c1ccccc1. The lowest BCUT2D eigenvalue weighted by atomic mass is 9.94. The van der Waals surface area contributed by atoms with Gasteiger partial charge >= 0.3 is 0 Å². The molecular weight excluding hydrogens is 326 g/mol. The van der Waals surface area contributed by atoms with Crippen LogP contribution in [0.2, 0.25) is 0 Å². The number of benzene rings is 2. The summed E-state index contributed by atoms with van der Waals surface area (Å²) in [6.07, 6.45) is 1.52. The smallest absolute Gasteiger partial charge is 0.252 e. The van der Waals surface area contributed by atoms with Crippen molar-refractivity contribution in [3.05, 3.63) is 71.8 Å². The molecule has 0 bridgehead atoms. The molecule has 26 heavy (non-hydrogen) atoms. The number of hydrogen-bond acceptors (Lipinski definition) is 3. The lowest BCUT2D eigenvalue weighted by molar-refractivity contribution is -0.123. The maximum absolute atomic E-state index is 12.8. The Morgan fingerprint density at radius 3 is 2.04 bits per heavy atom. The number of carbonyl (C=O) groups excluding carboxylic acids is 2. The van der Waals surface area contributed by atoms with Crippen LogP contribution < -0.4 is 16.4 Å². The fraction of sp³-hybridized carbons (Fsp3) is 0.333. The first-order valence-electron chi connectivity index (χ1n) is 8.96. The highest BCUT2D eigenvalue weighted by Crippen LogP contribution is 2.15. The molecule has 5 nitrogen and oxygen atoms in total. The highest BCUT2D eigenvalue weighted by atomic mass is 16.2. The largest absolute Gasteiger partial charge is 0.352 e. The van der Waals surface area contributed by atoms with Gasteiger partial charge in [-0.25, -0.2) is 0 Å². The van der Waals surface area contributed by atoms with Gasteiger partial charge in [-0.1, -0.05) is 62.4 Å². The molecule has 2 amide bonds. The molecular formula is C21H27N3O2. The predicted octanol–water partition coefficient (Wildman–Crippen LogP) is 2.79. The summed E-state index contributed by atoms with van der Waals surface area (Å²) in [6, 6.07) is 17.3. The lowest BCUT2D eigenvalue weighted by Gasteiger charge is -2.28. The first kappa shape index (κ1) is 19.7. The van der Waals surface area contributed by atoms with E-state index in [1.165, 1.54) is 0 Å². The van der Waals surface area contributed by atoms with Crippen LogP contribution >= 0.6 is 0 Å². The van der Waals surface area contributed by atoms with Gasteiger partial charge in [0, 0.05) is 17.6 Å². The Bertz CT molecular complexity index is 713. The van der Waals surface area contributed by atoms with Crippen LogP contribution in [0.5, 0.6) is 0 Å². The first-order valence-corrected chi connectivity index (χ1v) is 8.96. The molecule has 0 fully saturated rings. The zero-order chi connectivity index (χ0) is 19.0. The molecule has 0 aliphatic rings. The third kappa shape index (κ3) is 5.17. The van der Waals surface area contributed by atoms with Gasteiger partial charge in [0.05, 0.1) is 0 Å². The van der Waals surface area contributed by atoms with E-state index in [1.54, 1.807) is 24.3 Å². The van der Waals surface area contributed by atoms with Gasteiger partial charge < -0.3 is 16.4 Å². The van der Waals surface area contributed by atoms with Crippen LogP contribution in [0.15, 0.2) is 60.7 Å². The summed E-state index contributed by atoms with van der Waals surface area (Å²) in [4.78, 5) is 25.3. The van der Waals surface area contributed by atoms with Gasteiger partial charge in [-0.2, -0.15) is 0 Å². The van der Waals surface area contributed by atoms with E-state index in [0.29, 0.717) is 12.1 Å². The maximum atomic E-state index is 12.8. The Morgan fingerprint density at radius 2 is 1.50 bits per heavy atom. The van der Waals surface area contributed by atoms with Crippen LogP contribution in [-0.2, 0) is 4.79 Å². The second kappa shape index (κ2) is 9.15. The normalized spacial score (nSPS) is 12.3. The second-order valence-electron chi connectivity index (χ2n) is 6.47. The molecule has 0 aromatic heterocycles. The minimum atomic E-state index is -0.776. The van der Waals surface area contributed by atoms with Crippen LogP contribution in [0, 0.1) is 0 Å². The highest BCUT2D eigenvalue weighted by molar-refractivity contribution is 5.97. The summed E-state index contributed by atoms with van der Waals surface area (Å²) in [5.74, 6) is -0.559. The molecule has 0 radical (unpaired) electrons. The van der Waals surface area contributed by atoms with Crippen molar-refractivity contribution < 1.29 is 9.59 Å². The number of carbonyl (C=O) groups is 2. The van der Waals surface area contributed by atoms with Crippen molar-refractivity contribution in [3.63, 3.8) is 0 Å². The van der Waals surface area contributed by atoms with Gasteiger partial charge in [0.15, 0.2) is 0 Å². The summed E-state index contributed by atoms with van der Waals surface area (Å²) < 4.78 is 0. The number of amides is 2. The molecule has 1 unspecified atom stereocenters. The first-order chi connectivity index (χ1) is 12.5. The van der Waals surface area contributed by atoms with Gasteiger partial charge in [-0.3, -0.25) is 9.59 Å². The van der Waals surface area contributed by atoms with Crippen molar-refractivity contribution in [3.8, 4) is 0 Å². The van der Waals surface area contributed by atoms with Crippen LogP contribution in [-0.4, -0.2) is 23.9 Å². The maximum Gasteiger partial charge on any atom is 0.252 e. The number of nitrogens with one attached hydrogen (secondary N) is 2. The Morgan fingerprint density at radius 1 is 0.962 bits per heavy atom. The van der Waals surface area contributed by atoms with Crippen LogP contribution in [0.25, 0.3) is 0 Å². The van der Waals surface area contributed by atoms with Crippen molar-refractivity contribution in [1.29, 1.82) is 0 Å². The average molecular weight is 353 g/mol. The average Bonchev–Trinajstić information content (AvgIpc) is 2.71. The number of hydrogen-bond donors (Lipinski definition) is 3. The lowest BCUT2D eigenvalue weighted by Crippen LogP contribution is -2.51. The molecule has 138 valence electrons. The van der Waals surface area contributed by atoms with Gasteiger partial charge in [-0.15, -0.1) is 0 Å². The molecule has 0 aliphatic heterocycles. The monoisotopic (exact) mass is 353 g/mol. The Labute approximate surface area is 155 Å². The molecule has 0 saturated heterocycles. The van der Waals surface area contributed by atoms with E-state index in [-0.39, 0.29) is 11.8 Å². The standard InChI is InChI=1S/C21H27N3O2/c1-3-21(22,4-2)15-23-20(26)18(16-11-7-5-8-12-16)24-19(25)17-13-9-6-10-14-17/h5-14,18H,3-4,15,22H2,1-2H3,(H,23,26)(H,24,25). The van der Waals surface area contributed by atoms with Crippen molar-refractivity contribution in [2.45, 2.75) is 38.3 Å². The fourth-order valence-electron chi connectivity index (χ4n) is 2.61. The van der Waals surface area contributed by atoms with E-state index in [9.17, 15) is 9.59 Å². The Kier molecular flexibility index (Phi) is 6.92. The molecule has 2 aromatic rings. The molecule has 0 aliphatic carbocycles. The molecule has 5 heteroatoms. The van der Waals surface area contributed by atoms with E-state index in [2.05, 4.69) is 10.6 Å². The molecule has 1 atom stereocenters. The topological polar surface area (TPSA) is 84.2 Å². The molecule has 4 N–H and O–H groups in total. The van der Waals surface area contributed by atoms with Crippen molar-refractivity contribution in [2.24, 2.45) is 5.73 Å². The highest BCUT2D eigenvalue weighted by Gasteiger charge is 2.26. The zero-order valence-corrected chi connectivity index (χ0v) is 15.4. The van der Waals surface area contributed by atoms with Gasteiger partial charge in [0.25, 0.3) is 5.91 Å². The second-order valence-corrected chi connectivity index (χ2v) is 6.47. The summed E-state index contributed by atoms with van der Waals surface area (Å²) in [5.41, 5.74) is 7.07. The fourth-order valence-corrected chi connectivity index (χ4v) is 2.61. The van der Waals surface area contributed by atoms with E-state index in [0.717, 1.165) is 18.4 Å². The van der Waals surface area contributed by atoms with Crippen molar-refractivity contribution >= 4 is 11.8 Å². The minimum absolute atomic E-state index is 0.266. The third-order valence-corrected chi connectivity index (χ3v) is 4.73. The molecule has 2 aromatic carbocycles. The van der Waals surface area contributed by atoms with Crippen molar-refractivity contribution in [1.82, 2.24) is 10.6 Å². The summed E-state index contributed by atoms with van der Waals surface area (Å²) >= 11 is 0. The Hall–Kier alpha value is -2.66. The quantitative estimate of drug-likeness (QED) is 0.682. The van der Waals surface area contributed by atoms with E-state index in [1.807, 2.05) is 50.2 Å². The molecule has 0 saturated carbocycles. The zero-order valence-electron chi connectivity index (χ0n) is 15.4. The van der Waals surface area contributed by atoms with Crippen molar-refractivity contribution in [2.75, 3.05) is 6.54 Å². The summed E-state index contributed by atoms with van der Waals surface area (Å²) in [7, 11) is 0. The van der Waals surface area contributed by atoms with E-state index >= 15 is 0 Å². The van der Waals surface area contributed by atoms with Crippen LogP contribution in [0.4, 0.5) is 0 Å². The molecule has 0 heterocycles. The summed E-state index contributed by atoms with van der Waals surface area (Å²) in [5, 5.41) is 5.73. The van der Waals surface area contributed by atoms with Gasteiger partial charge in [-0.05, 0) is 30.5 Å². The predicted molar refractivity (Wildman–Crippen MR) is 104 cm³/mol. The molecule has 2 rings (SSSR count). The third-order valence-electron chi connectivity index (χ3n) is 4.73. The number of nitrogens with two attached hydrogens (primary N) is 1. The minimum Gasteiger partial charge on any atom is -0.352 e. The van der Waals surface area contributed by atoms with E-state index < -0.39 is 11.6 Å². The van der Waals surface area contributed by atoms with E-state index in [4.69, 9.17) is 5.73 Å². The van der Waals surface area contributed by atoms with Gasteiger partial charge in [0.2, 0.25) is 5.91 Å². The summed E-state index contributed by atoms with van der Waals surface area (Å²) in [6.45, 7) is 4.37. The van der Waals surface area contributed by atoms with Crippen LogP contribution in [0.1, 0.15) is 48.7 Å². The Balaban J connectivity index is 2.16. The van der Waals surface area contributed by atoms with Gasteiger partial charge in [0.1, 0.15) is 6.04 Å². The number of rotatable bonds is 8. The molecule has 0 spiro atoms.